The lowest BCUT2D eigenvalue weighted by atomic mass is 10.1. The maximum Gasteiger partial charge on any atom is 0.191 e. The van der Waals surface area contributed by atoms with Gasteiger partial charge in [-0.25, -0.2) is 4.99 Å². The fourth-order valence-electron chi connectivity index (χ4n) is 2.29. The third kappa shape index (κ3) is 2.96. The number of aryl methyl sites for hydroxylation is 1. The third-order valence-electron chi connectivity index (χ3n) is 3.35. The molecular formula is C17H15N5. The van der Waals surface area contributed by atoms with Crippen molar-refractivity contribution >= 4 is 12.0 Å². The predicted molar refractivity (Wildman–Crippen MR) is 85.3 cm³/mol. The van der Waals surface area contributed by atoms with Gasteiger partial charge >= 0.3 is 0 Å². The van der Waals surface area contributed by atoms with Gasteiger partial charge in [0.2, 0.25) is 0 Å². The molecule has 0 bridgehead atoms. The Balaban J connectivity index is 1.86. The standard InChI is InChI=1S/C17H15N5/c1-12-4-2-5-13(8-12)9-16-15(10-18)17(22-21-16)20-11-14-6-3-7-19-14/h2-8,11,19H,9H2,1H3,(H,21,22). The normalized spacial score (nSPS) is 10.9. The lowest BCUT2D eigenvalue weighted by Gasteiger charge is -2.00. The number of hydrogen-bond acceptors (Lipinski definition) is 3. The first kappa shape index (κ1) is 13.8. The van der Waals surface area contributed by atoms with Crippen molar-refractivity contribution in [3.05, 3.63) is 70.7 Å². The summed E-state index contributed by atoms with van der Waals surface area (Å²) < 4.78 is 0. The highest BCUT2D eigenvalue weighted by Gasteiger charge is 2.12. The van der Waals surface area contributed by atoms with Gasteiger partial charge in [0.15, 0.2) is 5.82 Å². The minimum absolute atomic E-state index is 0.416. The van der Waals surface area contributed by atoms with Crippen LogP contribution >= 0.6 is 0 Å². The lowest BCUT2D eigenvalue weighted by Crippen LogP contribution is -1.92. The Morgan fingerprint density at radius 2 is 2.23 bits per heavy atom. The molecule has 3 rings (SSSR count). The number of nitrogens with zero attached hydrogens (tertiary/aromatic N) is 3. The van der Waals surface area contributed by atoms with Crippen LogP contribution in [-0.4, -0.2) is 21.4 Å². The van der Waals surface area contributed by atoms with E-state index in [1.165, 1.54) is 5.56 Å². The van der Waals surface area contributed by atoms with Crippen LogP contribution in [0.4, 0.5) is 5.82 Å². The van der Waals surface area contributed by atoms with Crippen LogP contribution in [0, 0.1) is 18.3 Å². The highest BCUT2D eigenvalue weighted by molar-refractivity contribution is 5.80. The Morgan fingerprint density at radius 1 is 1.32 bits per heavy atom. The quantitative estimate of drug-likeness (QED) is 0.723. The maximum absolute atomic E-state index is 9.39. The molecule has 0 unspecified atom stereocenters. The van der Waals surface area contributed by atoms with Crippen molar-refractivity contribution in [2.75, 3.05) is 0 Å². The van der Waals surface area contributed by atoms with E-state index in [9.17, 15) is 5.26 Å². The molecule has 2 aromatic heterocycles. The van der Waals surface area contributed by atoms with Crippen molar-refractivity contribution in [3.63, 3.8) is 0 Å². The largest absolute Gasteiger partial charge is 0.360 e. The average molecular weight is 289 g/mol. The monoisotopic (exact) mass is 289 g/mol. The van der Waals surface area contributed by atoms with E-state index in [1.807, 2.05) is 43.5 Å². The number of aromatic nitrogens is 3. The summed E-state index contributed by atoms with van der Waals surface area (Å²) in [7, 11) is 0. The van der Waals surface area contributed by atoms with Crippen LogP contribution in [-0.2, 0) is 6.42 Å². The highest BCUT2D eigenvalue weighted by Crippen LogP contribution is 2.21. The number of H-pyrrole nitrogens is 2. The number of nitrogens with one attached hydrogen (secondary N) is 2. The van der Waals surface area contributed by atoms with Gasteiger partial charge in [-0.2, -0.15) is 10.4 Å². The van der Waals surface area contributed by atoms with Gasteiger partial charge in [-0.1, -0.05) is 29.8 Å². The number of rotatable bonds is 4. The van der Waals surface area contributed by atoms with Crippen molar-refractivity contribution in [2.24, 2.45) is 4.99 Å². The molecule has 0 spiro atoms. The Bertz CT molecular complexity index is 834. The van der Waals surface area contributed by atoms with Crippen LogP contribution < -0.4 is 0 Å². The summed E-state index contributed by atoms with van der Waals surface area (Å²) in [5.41, 5.74) is 4.48. The number of aliphatic imine (C=N–C) groups is 1. The van der Waals surface area contributed by atoms with Crippen LogP contribution in [0.15, 0.2) is 47.6 Å². The lowest BCUT2D eigenvalue weighted by molar-refractivity contribution is 0.992. The molecule has 0 atom stereocenters. The second kappa shape index (κ2) is 6.10. The first-order chi connectivity index (χ1) is 10.8. The molecular weight excluding hydrogens is 274 g/mol. The summed E-state index contributed by atoms with van der Waals surface area (Å²) >= 11 is 0. The van der Waals surface area contributed by atoms with Crippen LogP contribution in [0.1, 0.15) is 28.1 Å². The molecule has 22 heavy (non-hydrogen) atoms. The molecule has 0 amide bonds. The first-order valence-corrected chi connectivity index (χ1v) is 6.96. The van der Waals surface area contributed by atoms with Crippen LogP contribution in [0.2, 0.25) is 0 Å². The first-order valence-electron chi connectivity index (χ1n) is 6.96. The molecule has 2 N–H and O–H groups in total. The minimum Gasteiger partial charge on any atom is -0.360 e. The zero-order chi connectivity index (χ0) is 15.4. The average Bonchev–Trinajstić information content (AvgIpc) is 3.14. The number of benzene rings is 1. The summed E-state index contributed by atoms with van der Waals surface area (Å²) in [6.45, 7) is 2.05. The Kier molecular flexibility index (Phi) is 3.84. The molecule has 0 radical (unpaired) electrons. The zero-order valence-electron chi connectivity index (χ0n) is 12.2. The van der Waals surface area contributed by atoms with E-state index >= 15 is 0 Å². The molecule has 0 saturated heterocycles. The summed E-state index contributed by atoms with van der Waals surface area (Å²) in [6.07, 6.45) is 4.11. The molecule has 5 heteroatoms. The van der Waals surface area contributed by atoms with Crippen molar-refractivity contribution in [1.82, 2.24) is 15.2 Å². The van der Waals surface area contributed by atoms with Crippen LogP contribution in [0.3, 0.4) is 0 Å². The molecule has 2 heterocycles. The predicted octanol–water partition coefficient (Wildman–Crippen LogP) is 3.26. The fraction of sp³-hybridized carbons (Fsp3) is 0.118. The second-order valence-electron chi connectivity index (χ2n) is 5.06. The summed E-state index contributed by atoms with van der Waals surface area (Å²) in [4.78, 5) is 7.31. The summed E-state index contributed by atoms with van der Waals surface area (Å²) in [6, 6.07) is 14.2. The van der Waals surface area contributed by atoms with Gasteiger partial charge in [-0.05, 0) is 24.6 Å². The Labute approximate surface area is 128 Å². The molecule has 0 aliphatic heterocycles. The van der Waals surface area contributed by atoms with Gasteiger partial charge < -0.3 is 4.98 Å². The third-order valence-corrected chi connectivity index (χ3v) is 3.35. The molecule has 0 aliphatic rings. The van der Waals surface area contributed by atoms with E-state index in [4.69, 9.17) is 0 Å². The van der Waals surface area contributed by atoms with Crippen LogP contribution in [0.5, 0.6) is 0 Å². The van der Waals surface area contributed by atoms with Crippen LogP contribution in [0.25, 0.3) is 0 Å². The van der Waals surface area contributed by atoms with Gasteiger partial charge in [0.05, 0.1) is 17.6 Å². The van der Waals surface area contributed by atoms with E-state index in [0.29, 0.717) is 17.8 Å². The Hall–Kier alpha value is -3.13. The maximum atomic E-state index is 9.39. The van der Waals surface area contributed by atoms with Crippen molar-refractivity contribution < 1.29 is 0 Å². The molecule has 3 aromatic rings. The van der Waals surface area contributed by atoms with Gasteiger partial charge in [-0.15, -0.1) is 0 Å². The van der Waals surface area contributed by atoms with Gasteiger partial charge in [0.25, 0.3) is 0 Å². The van der Waals surface area contributed by atoms with Gasteiger partial charge in [-0.3, -0.25) is 5.10 Å². The van der Waals surface area contributed by atoms with Gasteiger partial charge in [0, 0.05) is 12.6 Å². The van der Waals surface area contributed by atoms with Gasteiger partial charge in [0.1, 0.15) is 11.6 Å². The fourth-order valence-corrected chi connectivity index (χ4v) is 2.29. The molecule has 0 fully saturated rings. The molecule has 5 nitrogen and oxygen atoms in total. The van der Waals surface area contributed by atoms with Crippen molar-refractivity contribution in [3.8, 4) is 6.07 Å². The summed E-state index contributed by atoms with van der Waals surface area (Å²) in [5.74, 6) is 0.416. The molecule has 0 saturated carbocycles. The number of nitriles is 1. The van der Waals surface area contributed by atoms with E-state index in [0.717, 1.165) is 17.0 Å². The molecule has 0 aliphatic carbocycles. The molecule has 1 aromatic carbocycles. The molecule has 108 valence electrons. The van der Waals surface area contributed by atoms with Crippen molar-refractivity contribution in [1.29, 1.82) is 5.26 Å². The smallest absolute Gasteiger partial charge is 0.191 e. The van der Waals surface area contributed by atoms with Crippen molar-refractivity contribution in [2.45, 2.75) is 13.3 Å². The highest BCUT2D eigenvalue weighted by atomic mass is 15.2. The van der Waals surface area contributed by atoms with E-state index < -0.39 is 0 Å². The summed E-state index contributed by atoms with van der Waals surface area (Å²) in [5, 5.41) is 16.5. The van der Waals surface area contributed by atoms with E-state index in [-0.39, 0.29) is 0 Å². The SMILES string of the molecule is Cc1cccc(Cc2[nH]nc(N=Cc3ccc[nH]3)c2C#N)c1. The van der Waals surface area contributed by atoms with E-state index in [2.05, 4.69) is 32.3 Å². The number of aromatic amines is 2. The minimum atomic E-state index is 0.416. The Morgan fingerprint density at radius 3 is 2.95 bits per heavy atom. The topological polar surface area (TPSA) is 80.6 Å². The number of hydrogen-bond donors (Lipinski definition) is 2. The second-order valence-corrected chi connectivity index (χ2v) is 5.06. The zero-order valence-corrected chi connectivity index (χ0v) is 12.2. The van der Waals surface area contributed by atoms with E-state index in [1.54, 1.807) is 6.21 Å².